The predicted molar refractivity (Wildman–Crippen MR) is 54.2 cm³/mol. The van der Waals surface area contributed by atoms with Gasteiger partial charge in [0.2, 0.25) is 0 Å². The van der Waals surface area contributed by atoms with E-state index >= 15 is 0 Å². The van der Waals surface area contributed by atoms with Crippen LogP contribution in [-0.4, -0.2) is 23.8 Å². The summed E-state index contributed by atoms with van der Waals surface area (Å²) in [7, 11) is 0. The average Bonchev–Trinajstić information content (AvgIpc) is 2.15. The zero-order valence-electron chi connectivity index (χ0n) is 8.87. The van der Waals surface area contributed by atoms with Crippen molar-refractivity contribution in [3.8, 4) is 0 Å². The van der Waals surface area contributed by atoms with Gasteiger partial charge in [0.1, 0.15) is 0 Å². The Hall–Kier alpha value is -0.570. The SMILES string of the molecule is C[C@H](CC(=O)O)OCC1CCCCC1. The summed E-state index contributed by atoms with van der Waals surface area (Å²) >= 11 is 0. The highest BCUT2D eigenvalue weighted by Gasteiger charge is 2.15. The first-order valence-corrected chi connectivity index (χ1v) is 5.52. The van der Waals surface area contributed by atoms with Crippen LogP contribution in [0.25, 0.3) is 0 Å². The molecule has 0 radical (unpaired) electrons. The monoisotopic (exact) mass is 200 g/mol. The fourth-order valence-electron chi connectivity index (χ4n) is 1.96. The van der Waals surface area contributed by atoms with Crippen LogP contribution >= 0.6 is 0 Å². The first-order chi connectivity index (χ1) is 6.68. The minimum Gasteiger partial charge on any atom is -0.481 e. The average molecular weight is 200 g/mol. The highest BCUT2D eigenvalue weighted by Crippen LogP contribution is 2.24. The third kappa shape index (κ3) is 4.61. The molecule has 1 N–H and O–H groups in total. The molecule has 1 aliphatic carbocycles. The van der Waals surface area contributed by atoms with Crippen molar-refractivity contribution in [2.75, 3.05) is 6.61 Å². The maximum atomic E-state index is 10.4. The molecule has 0 heterocycles. The second kappa shape index (κ2) is 6.02. The van der Waals surface area contributed by atoms with E-state index in [1.807, 2.05) is 6.92 Å². The number of aliphatic carboxylic acids is 1. The van der Waals surface area contributed by atoms with Crippen LogP contribution in [0.2, 0.25) is 0 Å². The van der Waals surface area contributed by atoms with E-state index in [1.54, 1.807) is 0 Å². The fourth-order valence-corrected chi connectivity index (χ4v) is 1.96. The van der Waals surface area contributed by atoms with Crippen molar-refractivity contribution in [2.24, 2.45) is 5.92 Å². The van der Waals surface area contributed by atoms with Gasteiger partial charge in [-0.3, -0.25) is 4.79 Å². The Labute approximate surface area is 85.5 Å². The zero-order chi connectivity index (χ0) is 10.4. The van der Waals surface area contributed by atoms with E-state index in [0.717, 1.165) is 6.61 Å². The Morgan fingerprint density at radius 1 is 1.43 bits per heavy atom. The summed E-state index contributed by atoms with van der Waals surface area (Å²) in [4.78, 5) is 10.4. The van der Waals surface area contributed by atoms with Gasteiger partial charge in [0.25, 0.3) is 0 Å². The van der Waals surface area contributed by atoms with Crippen LogP contribution in [0.5, 0.6) is 0 Å². The quantitative estimate of drug-likeness (QED) is 0.741. The molecule has 0 aromatic rings. The number of rotatable bonds is 5. The summed E-state index contributed by atoms with van der Waals surface area (Å²) in [6, 6.07) is 0. The maximum Gasteiger partial charge on any atom is 0.305 e. The first-order valence-electron chi connectivity index (χ1n) is 5.52. The molecule has 0 spiro atoms. The van der Waals surface area contributed by atoms with Gasteiger partial charge in [-0.1, -0.05) is 19.3 Å². The van der Waals surface area contributed by atoms with Gasteiger partial charge in [-0.15, -0.1) is 0 Å². The second-order valence-corrected chi connectivity index (χ2v) is 4.25. The van der Waals surface area contributed by atoms with Gasteiger partial charge in [-0.05, 0) is 25.7 Å². The number of hydrogen-bond donors (Lipinski definition) is 1. The van der Waals surface area contributed by atoms with Crippen molar-refractivity contribution in [3.05, 3.63) is 0 Å². The van der Waals surface area contributed by atoms with Gasteiger partial charge in [0, 0.05) is 6.61 Å². The van der Waals surface area contributed by atoms with E-state index in [-0.39, 0.29) is 12.5 Å². The normalized spacial score (nSPS) is 20.6. The maximum absolute atomic E-state index is 10.4. The molecule has 1 atom stereocenters. The largest absolute Gasteiger partial charge is 0.481 e. The number of hydrogen-bond acceptors (Lipinski definition) is 2. The Kier molecular flexibility index (Phi) is 4.94. The molecule has 0 bridgehead atoms. The molecule has 0 saturated heterocycles. The van der Waals surface area contributed by atoms with Crippen LogP contribution in [-0.2, 0) is 9.53 Å². The van der Waals surface area contributed by atoms with Gasteiger partial charge in [-0.2, -0.15) is 0 Å². The molecular weight excluding hydrogens is 180 g/mol. The molecule has 3 heteroatoms. The van der Waals surface area contributed by atoms with E-state index in [1.165, 1.54) is 32.1 Å². The van der Waals surface area contributed by atoms with Gasteiger partial charge in [0.05, 0.1) is 12.5 Å². The van der Waals surface area contributed by atoms with E-state index in [2.05, 4.69) is 0 Å². The van der Waals surface area contributed by atoms with Gasteiger partial charge in [-0.25, -0.2) is 0 Å². The van der Waals surface area contributed by atoms with E-state index < -0.39 is 5.97 Å². The third-order valence-corrected chi connectivity index (χ3v) is 2.80. The van der Waals surface area contributed by atoms with Crippen molar-refractivity contribution in [1.82, 2.24) is 0 Å². The van der Waals surface area contributed by atoms with Crippen LogP contribution in [0, 0.1) is 5.92 Å². The lowest BCUT2D eigenvalue weighted by atomic mass is 9.90. The zero-order valence-corrected chi connectivity index (χ0v) is 8.87. The minimum absolute atomic E-state index is 0.118. The van der Waals surface area contributed by atoms with Crippen molar-refractivity contribution < 1.29 is 14.6 Å². The molecule has 0 unspecified atom stereocenters. The second-order valence-electron chi connectivity index (χ2n) is 4.25. The van der Waals surface area contributed by atoms with E-state index in [0.29, 0.717) is 5.92 Å². The lowest BCUT2D eigenvalue weighted by Crippen LogP contribution is -2.20. The summed E-state index contributed by atoms with van der Waals surface area (Å²) in [6.45, 7) is 2.57. The Balaban J connectivity index is 2.09. The molecule has 1 aliphatic rings. The van der Waals surface area contributed by atoms with Crippen LogP contribution in [0.4, 0.5) is 0 Å². The first kappa shape index (κ1) is 11.5. The summed E-state index contributed by atoms with van der Waals surface area (Å²) in [5, 5.41) is 8.54. The molecule has 1 fully saturated rings. The van der Waals surface area contributed by atoms with E-state index in [9.17, 15) is 4.79 Å². The van der Waals surface area contributed by atoms with Gasteiger partial charge < -0.3 is 9.84 Å². The van der Waals surface area contributed by atoms with Crippen LogP contribution in [0.1, 0.15) is 45.4 Å². The lowest BCUT2D eigenvalue weighted by Gasteiger charge is -2.22. The molecule has 0 aliphatic heterocycles. The Bertz CT molecular complexity index is 173. The molecule has 3 nitrogen and oxygen atoms in total. The molecular formula is C11H20O3. The van der Waals surface area contributed by atoms with Crippen molar-refractivity contribution in [2.45, 2.75) is 51.6 Å². The molecule has 0 aromatic carbocycles. The predicted octanol–water partition coefficient (Wildman–Crippen LogP) is 2.45. The number of carboxylic acids is 1. The van der Waals surface area contributed by atoms with Crippen LogP contribution in [0.3, 0.4) is 0 Å². The topological polar surface area (TPSA) is 46.5 Å². The summed E-state index contributed by atoms with van der Waals surface area (Å²) in [5.74, 6) is -0.110. The fraction of sp³-hybridized carbons (Fsp3) is 0.909. The summed E-state index contributed by atoms with van der Waals surface area (Å²) < 4.78 is 5.51. The van der Waals surface area contributed by atoms with Crippen molar-refractivity contribution >= 4 is 5.97 Å². The molecule has 82 valence electrons. The minimum atomic E-state index is -0.777. The van der Waals surface area contributed by atoms with Crippen molar-refractivity contribution in [1.29, 1.82) is 0 Å². The molecule has 0 amide bonds. The molecule has 14 heavy (non-hydrogen) atoms. The highest BCUT2D eigenvalue weighted by atomic mass is 16.5. The third-order valence-electron chi connectivity index (χ3n) is 2.80. The highest BCUT2D eigenvalue weighted by molar-refractivity contribution is 5.67. The van der Waals surface area contributed by atoms with Gasteiger partial charge >= 0.3 is 5.97 Å². The Morgan fingerprint density at radius 3 is 2.64 bits per heavy atom. The van der Waals surface area contributed by atoms with E-state index in [4.69, 9.17) is 9.84 Å². The number of carbonyl (C=O) groups is 1. The number of ether oxygens (including phenoxy) is 1. The van der Waals surface area contributed by atoms with Gasteiger partial charge in [0.15, 0.2) is 0 Å². The summed E-state index contributed by atoms with van der Waals surface area (Å²) in [6.07, 6.45) is 6.44. The van der Waals surface area contributed by atoms with Crippen LogP contribution < -0.4 is 0 Å². The van der Waals surface area contributed by atoms with Crippen molar-refractivity contribution in [3.63, 3.8) is 0 Å². The standard InChI is InChI=1S/C11H20O3/c1-9(7-11(12)13)14-8-10-5-3-2-4-6-10/h9-10H,2-8H2,1H3,(H,12,13)/t9-/m1/s1. The lowest BCUT2D eigenvalue weighted by molar-refractivity contribution is -0.140. The molecule has 1 saturated carbocycles. The smallest absolute Gasteiger partial charge is 0.305 e. The molecule has 0 aromatic heterocycles. The Morgan fingerprint density at radius 2 is 2.07 bits per heavy atom. The summed E-state index contributed by atoms with van der Waals surface area (Å²) in [5.41, 5.74) is 0. The molecule has 1 rings (SSSR count). The van der Waals surface area contributed by atoms with Crippen LogP contribution in [0.15, 0.2) is 0 Å². The number of carboxylic acid groups (broad SMARTS) is 1.